The van der Waals surface area contributed by atoms with Crippen LogP contribution in [-0.4, -0.2) is 0 Å². The minimum atomic E-state index is 0.821. The Kier molecular flexibility index (Phi) is 4.55. The highest BCUT2D eigenvalue weighted by Gasteiger charge is 2.20. The van der Waals surface area contributed by atoms with Gasteiger partial charge in [0.05, 0.1) is 10.9 Å². The van der Waals surface area contributed by atoms with Crippen LogP contribution in [0.15, 0.2) is 91.4 Å². The molecule has 0 saturated heterocycles. The summed E-state index contributed by atoms with van der Waals surface area (Å²) < 4.78 is 4.62. The Balaban J connectivity index is 1.72. The quantitative estimate of drug-likeness (QED) is 0.284. The van der Waals surface area contributed by atoms with E-state index in [2.05, 4.69) is 121 Å². The topological polar surface area (TPSA) is 7.98 Å². The molecule has 146 valence electrons. The number of pyridine rings is 3. The van der Waals surface area contributed by atoms with Crippen molar-refractivity contribution in [3.63, 3.8) is 0 Å². The maximum absolute atomic E-state index is 2.38. The van der Waals surface area contributed by atoms with Gasteiger partial charge in [-0.05, 0) is 50.1 Å². The molecule has 2 nitrogen and oxygen atoms in total. The van der Waals surface area contributed by atoms with E-state index in [0.717, 1.165) is 6.54 Å². The van der Waals surface area contributed by atoms with Crippen LogP contribution in [0.25, 0.3) is 27.5 Å². The van der Waals surface area contributed by atoms with Crippen molar-refractivity contribution in [2.75, 3.05) is 0 Å². The van der Waals surface area contributed by atoms with Gasteiger partial charge in [-0.2, -0.15) is 8.97 Å². The van der Waals surface area contributed by atoms with E-state index in [1.807, 2.05) is 0 Å². The van der Waals surface area contributed by atoms with Crippen molar-refractivity contribution in [3.8, 4) is 11.3 Å². The average Bonchev–Trinajstić information content (AvgIpc) is 2.77. The summed E-state index contributed by atoms with van der Waals surface area (Å²) in [7, 11) is 0. The molecule has 2 heteroatoms. The second-order valence-electron chi connectivity index (χ2n) is 8.23. The third-order valence-electron chi connectivity index (χ3n) is 5.93. The van der Waals surface area contributed by atoms with Gasteiger partial charge in [-0.25, -0.2) is 0 Å². The summed E-state index contributed by atoms with van der Waals surface area (Å²) in [4.78, 5) is 0. The Bertz CT molecular complexity index is 1400. The maximum atomic E-state index is 2.38. The number of hydrogen-bond acceptors (Lipinski definition) is 0. The molecule has 0 bridgehead atoms. The fourth-order valence-electron chi connectivity index (χ4n) is 4.35. The van der Waals surface area contributed by atoms with Gasteiger partial charge in [0.1, 0.15) is 0 Å². The van der Waals surface area contributed by atoms with E-state index in [1.165, 1.54) is 49.8 Å². The summed E-state index contributed by atoms with van der Waals surface area (Å²) in [6, 6.07) is 26.3. The molecule has 30 heavy (non-hydrogen) atoms. The van der Waals surface area contributed by atoms with Gasteiger partial charge >= 0.3 is 0 Å². The zero-order valence-corrected chi connectivity index (χ0v) is 17.8. The van der Waals surface area contributed by atoms with Crippen LogP contribution >= 0.6 is 0 Å². The zero-order valence-electron chi connectivity index (χ0n) is 17.8. The van der Waals surface area contributed by atoms with Gasteiger partial charge in [0.25, 0.3) is 0 Å². The normalized spacial score (nSPS) is 11.3. The largest absolute Gasteiger partial charge is 0.218 e. The van der Waals surface area contributed by atoms with Gasteiger partial charge in [-0.1, -0.05) is 35.9 Å². The first-order valence-electron chi connectivity index (χ1n) is 10.5. The Morgan fingerprint density at radius 2 is 1.47 bits per heavy atom. The fraction of sp³-hybridized carbons (Fsp3) is 0.143. The number of aromatic nitrogens is 2. The van der Waals surface area contributed by atoms with E-state index in [1.54, 1.807) is 0 Å². The van der Waals surface area contributed by atoms with Crippen LogP contribution in [0.1, 0.15) is 22.3 Å². The molecule has 0 atom stereocenters. The molecule has 0 aliphatic carbocycles. The van der Waals surface area contributed by atoms with Gasteiger partial charge in [-0.3, -0.25) is 0 Å². The van der Waals surface area contributed by atoms with Crippen molar-refractivity contribution in [3.05, 3.63) is 114 Å². The Labute approximate surface area is 177 Å². The van der Waals surface area contributed by atoms with Gasteiger partial charge in [0.15, 0.2) is 25.1 Å². The monoisotopic (exact) mass is 390 g/mol. The highest BCUT2D eigenvalue weighted by Crippen LogP contribution is 2.24. The molecule has 5 rings (SSSR count). The summed E-state index contributed by atoms with van der Waals surface area (Å²) in [5.74, 6) is 0. The van der Waals surface area contributed by atoms with Crippen LogP contribution in [0, 0.1) is 20.8 Å². The van der Waals surface area contributed by atoms with Crippen LogP contribution < -0.4 is 8.97 Å². The zero-order chi connectivity index (χ0) is 20.7. The van der Waals surface area contributed by atoms with Gasteiger partial charge < -0.3 is 0 Å². The first-order valence-corrected chi connectivity index (χ1v) is 10.5. The molecular weight excluding hydrogens is 364 g/mol. The van der Waals surface area contributed by atoms with Crippen molar-refractivity contribution in [1.29, 1.82) is 0 Å². The average molecular weight is 391 g/mol. The predicted octanol–water partition coefficient (Wildman–Crippen LogP) is 5.51. The lowest BCUT2D eigenvalue weighted by Crippen LogP contribution is -2.38. The van der Waals surface area contributed by atoms with Crippen molar-refractivity contribution in [1.82, 2.24) is 0 Å². The molecule has 2 aromatic carbocycles. The van der Waals surface area contributed by atoms with E-state index < -0.39 is 0 Å². The summed E-state index contributed by atoms with van der Waals surface area (Å²) >= 11 is 0. The van der Waals surface area contributed by atoms with Crippen LogP contribution in [0.4, 0.5) is 0 Å². The predicted molar refractivity (Wildman–Crippen MR) is 122 cm³/mol. The fourth-order valence-corrected chi connectivity index (χ4v) is 4.35. The molecule has 3 aromatic heterocycles. The molecule has 0 spiro atoms. The number of aryl methyl sites for hydroxylation is 3. The van der Waals surface area contributed by atoms with Crippen LogP contribution in [0.5, 0.6) is 0 Å². The first-order chi connectivity index (χ1) is 14.6. The molecule has 0 radical (unpaired) electrons. The molecular formula is C28H26N2+2. The molecule has 5 aromatic rings. The summed E-state index contributed by atoms with van der Waals surface area (Å²) in [5, 5.41) is 2.60. The number of benzene rings is 2. The number of rotatable bonds is 3. The van der Waals surface area contributed by atoms with E-state index in [4.69, 9.17) is 0 Å². The van der Waals surface area contributed by atoms with Gasteiger partial charge in [0.2, 0.25) is 11.2 Å². The van der Waals surface area contributed by atoms with Crippen molar-refractivity contribution >= 4 is 16.3 Å². The Morgan fingerprint density at radius 1 is 0.700 bits per heavy atom. The number of hydrogen-bond donors (Lipinski definition) is 0. The smallest absolute Gasteiger partial charge is 0.194 e. The van der Waals surface area contributed by atoms with Gasteiger partial charge in [0, 0.05) is 35.2 Å². The lowest BCUT2D eigenvalue weighted by atomic mass is 10.00. The second-order valence-corrected chi connectivity index (χ2v) is 8.23. The minimum Gasteiger partial charge on any atom is -0.194 e. The first kappa shape index (κ1) is 18.5. The molecule has 0 aliphatic rings. The molecule has 0 fully saturated rings. The number of nitrogens with zero attached hydrogens (tertiary/aromatic N) is 2. The van der Waals surface area contributed by atoms with Crippen LogP contribution in [0.3, 0.4) is 0 Å². The third-order valence-corrected chi connectivity index (χ3v) is 5.93. The van der Waals surface area contributed by atoms with E-state index >= 15 is 0 Å². The number of fused-ring (bicyclic) bond motifs is 3. The SMILES string of the molecule is Cc1ccc(C)c(-c2cc(C)cc[n+]2Cc2c[n+]3ccccc3c3ccccc23)c1. The Hall–Kier alpha value is -3.52. The third kappa shape index (κ3) is 3.25. The molecule has 0 saturated carbocycles. The molecule has 3 heterocycles. The van der Waals surface area contributed by atoms with Crippen molar-refractivity contribution < 1.29 is 8.97 Å². The van der Waals surface area contributed by atoms with E-state index in [0.29, 0.717) is 0 Å². The molecule has 0 amide bonds. The van der Waals surface area contributed by atoms with Crippen molar-refractivity contribution in [2.45, 2.75) is 27.3 Å². The highest BCUT2D eigenvalue weighted by molar-refractivity contribution is 5.95. The lowest BCUT2D eigenvalue weighted by Gasteiger charge is -2.10. The molecule has 0 aliphatic heterocycles. The highest BCUT2D eigenvalue weighted by atomic mass is 15.0. The Morgan fingerprint density at radius 3 is 2.33 bits per heavy atom. The van der Waals surface area contributed by atoms with Crippen LogP contribution in [0.2, 0.25) is 0 Å². The summed E-state index contributed by atoms with van der Waals surface area (Å²) in [6.07, 6.45) is 6.63. The molecule has 0 N–H and O–H groups in total. The van der Waals surface area contributed by atoms with Gasteiger partial charge in [-0.15, -0.1) is 0 Å². The standard InChI is InChI=1S/C28H26N2/c1-20-11-12-22(3)26(16-20)28-17-21(2)13-15-30(28)19-23-18-29-14-7-6-10-27(29)25-9-5-4-8-24(23)25/h4-18H,19H2,1-3H3/q+2. The maximum Gasteiger partial charge on any atom is 0.218 e. The molecule has 0 unspecified atom stereocenters. The van der Waals surface area contributed by atoms with Crippen molar-refractivity contribution in [2.24, 2.45) is 0 Å². The van der Waals surface area contributed by atoms with E-state index in [9.17, 15) is 0 Å². The van der Waals surface area contributed by atoms with Crippen LogP contribution in [-0.2, 0) is 6.54 Å². The van der Waals surface area contributed by atoms with E-state index in [-0.39, 0.29) is 0 Å². The lowest BCUT2D eigenvalue weighted by molar-refractivity contribution is -0.678. The summed E-state index contributed by atoms with van der Waals surface area (Å²) in [5.41, 5.74) is 8.98. The second kappa shape index (κ2) is 7.38. The summed E-state index contributed by atoms with van der Waals surface area (Å²) in [6.45, 7) is 7.35. The minimum absolute atomic E-state index is 0.821.